The van der Waals surface area contributed by atoms with Gasteiger partial charge in [-0.1, -0.05) is 13.8 Å². The third-order valence-electron chi connectivity index (χ3n) is 7.13. The van der Waals surface area contributed by atoms with Crippen LogP contribution in [0.2, 0.25) is 0 Å². The van der Waals surface area contributed by atoms with Crippen LogP contribution in [0.15, 0.2) is 47.6 Å². The van der Waals surface area contributed by atoms with Crippen LogP contribution in [0.1, 0.15) is 84.2 Å². The molecule has 2 aromatic carbocycles. The summed E-state index contributed by atoms with van der Waals surface area (Å²) >= 11 is 1.44. The number of esters is 1. The van der Waals surface area contributed by atoms with Crippen molar-refractivity contribution in [2.45, 2.75) is 66.4 Å². The molecule has 0 saturated heterocycles. The van der Waals surface area contributed by atoms with E-state index in [2.05, 4.69) is 22.8 Å². The van der Waals surface area contributed by atoms with Crippen LogP contribution in [0.3, 0.4) is 0 Å². The van der Waals surface area contributed by atoms with E-state index in [0.717, 1.165) is 41.7 Å². The quantitative estimate of drug-likeness (QED) is 0.119. The van der Waals surface area contributed by atoms with Gasteiger partial charge in [-0.2, -0.15) is 5.10 Å². The van der Waals surface area contributed by atoms with Crippen molar-refractivity contribution >= 4 is 40.3 Å². The molecule has 0 saturated carbocycles. The van der Waals surface area contributed by atoms with Crippen LogP contribution >= 0.6 is 11.3 Å². The van der Waals surface area contributed by atoms with Gasteiger partial charge in [0.1, 0.15) is 10.8 Å². The lowest BCUT2D eigenvalue weighted by molar-refractivity contribution is -0.127. The third-order valence-corrected chi connectivity index (χ3v) is 8.30. The Morgan fingerprint density at radius 1 is 1.04 bits per heavy atom. The molecule has 45 heavy (non-hydrogen) atoms. The number of hydrogen-bond acceptors (Lipinski definition) is 9. The SMILES string of the molecule is CCCOc1ccc(/C=N\NC(=O)[C@H](C)Oc2ccc(C(=O)Nc3sc4c(c3C(=O)OCC)CC[C@@H](C)C4)cc2)cc1OCC. The fraction of sp³-hybridized carbons (Fsp3) is 0.412. The molecule has 1 aliphatic carbocycles. The Bertz CT molecular complexity index is 1520. The first-order chi connectivity index (χ1) is 21.7. The van der Waals surface area contributed by atoms with Gasteiger partial charge in [0.15, 0.2) is 17.6 Å². The molecule has 2 atom stereocenters. The molecule has 240 valence electrons. The molecule has 0 spiro atoms. The number of carbonyl (C=O) groups excluding carboxylic acids is 3. The molecule has 1 aromatic heterocycles. The van der Waals surface area contributed by atoms with Gasteiger partial charge in [0.25, 0.3) is 11.8 Å². The van der Waals surface area contributed by atoms with Crippen molar-refractivity contribution in [3.05, 3.63) is 69.6 Å². The van der Waals surface area contributed by atoms with E-state index in [1.807, 2.05) is 26.0 Å². The number of hydrogen-bond donors (Lipinski definition) is 2. The zero-order valence-corrected chi connectivity index (χ0v) is 27.3. The Kier molecular flexibility index (Phi) is 12.0. The van der Waals surface area contributed by atoms with Gasteiger partial charge in [0, 0.05) is 10.4 Å². The maximum atomic E-state index is 13.1. The van der Waals surface area contributed by atoms with Gasteiger partial charge >= 0.3 is 5.97 Å². The maximum Gasteiger partial charge on any atom is 0.341 e. The van der Waals surface area contributed by atoms with Crippen molar-refractivity contribution in [1.82, 2.24) is 5.43 Å². The second-order valence-electron chi connectivity index (χ2n) is 10.7. The number of rotatable bonds is 14. The van der Waals surface area contributed by atoms with Crippen LogP contribution in [-0.2, 0) is 22.4 Å². The fourth-order valence-corrected chi connectivity index (χ4v) is 6.24. The van der Waals surface area contributed by atoms with Gasteiger partial charge in [-0.3, -0.25) is 9.59 Å². The van der Waals surface area contributed by atoms with E-state index in [1.54, 1.807) is 44.2 Å². The molecule has 0 radical (unpaired) electrons. The van der Waals surface area contributed by atoms with E-state index in [1.165, 1.54) is 17.6 Å². The highest BCUT2D eigenvalue weighted by molar-refractivity contribution is 7.17. The van der Waals surface area contributed by atoms with Gasteiger partial charge in [0.05, 0.1) is 31.6 Å². The highest BCUT2D eigenvalue weighted by atomic mass is 32.1. The van der Waals surface area contributed by atoms with Crippen molar-refractivity contribution in [2.75, 3.05) is 25.1 Å². The summed E-state index contributed by atoms with van der Waals surface area (Å²) in [4.78, 5) is 39.6. The van der Waals surface area contributed by atoms with Crippen molar-refractivity contribution in [3.8, 4) is 17.2 Å². The van der Waals surface area contributed by atoms with Gasteiger partial charge in [-0.25, -0.2) is 10.2 Å². The number of nitrogens with zero attached hydrogens (tertiary/aromatic N) is 1. The molecule has 4 rings (SSSR count). The summed E-state index contributed by atoms with van der Waals surface area (Å²) in [6.07, 6.45) is 4.21. The minimum Gasteiger partial charge on any atom is -0.490 e. The normalized spacial score (nSPS) is 14.7. The van der Waals surface area contributed by atoms with Crippen molar-refractivity contribution in [1.29, 1.82) is 0 Å². The van der Waals surface area contributed by atoms with Crippen LogP contribution in [0.25, 0.3) is 0 Å². The number of anilines is 1. The molecule has 10 nitrogen and oxygen atoms in total. The lowest BCUT2D eigenvalue weighted by Gasteiger charge is -2.18. The Labute approximate surface area is 268 Å². The first-order valence-corrected chi connectivity index (χ1v) is 16.2. The largest absolute Gasteiger partial charge is 0.490 e. The summed E-state index contributed by atoms with van der Waals surface area (Å²) in [5, 5.41) is 7.48. The van der Waals surface area contributed by atoms with Crippen LogP contribution in [-0.4, -0.2) is 49.9 Å². The van der Waals surface area contributed by atoms with Crippen molar-refractivity contribution in [3.63, 3.8) is 0 Å². The van der Waals surface area contributed by atoms with Crippen LogP contribution in [0.5, 0.6) is 17.2 Å². The molecular formula is C34H41N3O7S. The van der Waals surface area contributed by atoms with Crippen LogP contribution in [0.4, 0.5) is 5.00 Å². The minimum atomic E-state index is -0.849. The molecule has 1 heterocycles. The van der Waals surface area contributed by atoms with E-state index >= 15 is 0 Å². The first kappa shape index (κ1) is 33.5. The fourth-order valence-electron chi connectivity index (χ4n) is 4.84. The van der Waals surface area contributed by atoms with E-state index in [9.17, 15) is 14.4 Å². The van der Waals surface area contributed by atoms with Gasteiger partial charge in [-0.05, 0) is 106 Å². The number of hydrazone groups is 1. The van der Waals surface area contributed by atoms with E-state index in [0.29, 0.717) is 52.5 Å². The number of benzene rings is 2. The lowest BCUT2D eigenvalue weighted by atomic mass is 9.88. The van der Waals surface area contributed by atoms with Gasteiger partial charge < -0.3 is 24.3 Å². The molecular weight excluding hydrogens is 594 g/mol. The second kappa shape index (κ2) is 16.1. The molecule has 0 fully saturated rings. The Morgan fingerprint density at radius 2 is 1.82 bits per heavy atom. The predicted octanol–water partition coefficient (Wildman–Crippen LogP) is 6.41. The minimum absolute atomic E-state index is 0.260. The number of ether oxygens (including phenoxy) is 4. The first-order valence-electron chi connectivity index (χ1n) is 15.4. The standard InChI is InChI=1S/C34H41N3O7S/c1-6-17-43-27-16-10-23(19-28(27)41-7-2)20-35-37-31(38)22(5)44-25-13-11-24(12-14-25)32(39)36-33-30(34(40)42-8-3)26-15-9-21(4)18-29(26)45-33/h10-14,16,19-22H,6-9,15,17-18H2,1-5H3,(H,36,39)(H,37,38)/b35-20-/t21-,22+/m1/s1. The Morgan fingerprint density at radius 3 is 2.53 bits per heavy atom. The summed E-state index contributed by atoms with van der Waals surface area (Å²) in [6, 6.07) is 11.9. The van der Waals surface area contributed by atoms with Crippen LogP contribution in [0, 0.1) is 5.92 Å². The molecule has 0 aliphatic heterocycles. The zero-order valence-electron chi connectivity index (χ0n) is 26.4. The third kappa shape index (κ3) is 8.85. The summed E-state index contributed by atoms with van der Waals surface area (Å²) < 4.78 is 22.5. The Balaban J connectivity index is 1.34. The number of thiophene rings is 1. The average Bonchev–Trinajstić information content (AvgIpc) is 3.37. The van der Waals surface area contributed by atoms with Crippen molar-refractivity contribution in [2.24, 2.45) is 11.0 Å². The smallest absolute Gasteiger partial charge is 0.341 e. The molecule has 2 amide bonds. The lowest BCUT2D eigenvalue weighted by Crippen LogP contribution is -2.33. The maximum absolute atomic E-state index is 13.1. The monoisotopic (exact) mass is 635 g/mol. The van der Waals surface area contributed by atoms with E-state index < -0.39 is 18.0 Å². The average molecular weight is 636 g/mol. The topological polar surface area (TPSA) is 125 Å². The summed E-state index contributed by atoms with van der Waals surface area (Å²) in [7, 11) is 0. The van der Waals surface area contributed by atoms with Crippen molar-refractivity contribution < 1.29 is 33.3 Å². The molecule has 0 unspecified atom stereocenters. The molecule has 0 bridgehead atoms. The number of amides is 2. The summed E-state index contributed by atoms with van der Waals surface area (Å²) in [5.41, 5.74) is 5.05. The van der Waals surface area contributed by atoms with E-state index in [4.69, 9.17) is 18.9 Å². The van der Waals surface area contributed by atoms with Gasteiger partial charge in [-0.15, -0.1) is 11.3 Å². The second-order valence-corrected chi connectivity index (χ2v) is 11.8. The Hall–Kier alpha value is -4.38. The number of carbonyl (C=O) groups is 3. The zero-order chi connectivity index (χ0) is 32.3. The number of nitrogens with one attached hydrogen (secondary N) is 2. The summed E-state index contributed by atoms with van der Waals surface area (Å²) in [6.45, 7) is 10.8. The summed E-state index contributed by atoms with van der Waals surface area (Å²) in [5.74, 6) is 1.00. The highest BCUT2D eigenvalue weighted by Crippen LogP contribution is 2.40. The van der Waals surface area contributed by atoms with Crippen LogP contribution < -0.4 is 25.0 Å². The number of fused-ring (bicyclic) bond motifs is 1. The van der Waals surface area contributed by atoms with Gasteiger partial charge in [0.2, 0.25) is 0 Å². The molecule has 1 aliphatic rings. The molecule has 2 N–H and O–H groups in total. The highest BCUT2D eigenvalue weighted by Gasteiger charge is 2.29. The molecule has 3 aromatic rings. The predicted molar refractivity (Wildman–Crippen MR) is 175 cm³/mol. The molecule has 11 heteroatoms. The van der Waals surface area contributed by atoms with E-state index in [-0.39, 0.29) is 12.5 Å².